The normalized spacial score (nSPS) is 14.4. The summed E-state index contributed by atoms with van der Waals surface area (Å²) in [5, 5.41) is 2.71. The van der Waals surface area contributed by atoms with Crippen LogP contribution in [0, 0.1) is 0 Å². The van der Waals surface area contributed by atoms with Crippen LogP contribution in [0.25, 0.3) is 0 Å². The van der Waals surface area contributed by atoms with Gasteiger partial charge in [0.2, 0.25) is 0 Å². The maximum atomic E-state index is 12.0. The van der Waals surface area contributed by atoms with Crippen molar-refractivity contribution in [1.82, 2.24) is 4.90 Å². The summed E-state index contributed by atoms with van der Waals surface area (Å²) < 4.78 is 15.7. The number of nitrogens with one attached hydrogen (secondary N) is 1. The first-order valence-corrected chi connectivity index (χ1v) is 9.38. The van der Waals surface area contributed by atoms with Crippen molar-refractivity contribution in [3.8, 4) is 11.5 Å². The molecule has 1 amide bonds. The van der Waals surface area contributed by atoms with E-state index < -0.39 is 6.09 Å². The Kier molecular flexibility index (Phi) is 6.97. The molecule has 7 nitrogen and oxygen atoms in total. The second-order valence-electron chi connectivity index (χ2n) is 6.49. The molecule has 1 aliphatic heterocycles. The van der Waals surface area contributed by atoms with Gasteiger partial charge in [-0.15, -0.1) is 0 Å². The summed E-state index contributed by atoms with van der Waals surface area (Å²) in [5.41, 5.74) is 1.80. The summed E-state index contributed by atoms with van der Waals surface area (Å²) in [4.78, 5) is 16.6. The first kappa shape index (κ1) is 19.8. The van der Waals surface area contributed by atoms with Crippen LogP contribution >= 0.6 is 0 Å². The Morgan fingerprint density at radius 3 is 2.36 bits per heavy atom. The third kappa shape index (κ3) is 5.29. The third-order valence-corrected chi connectivity index (χ3v) is 4.79. The fourth-order valence-corrected chi connectivity index (χ4v) is 3.18. The van der Waals surface area contributed by atoms with Crippen molar-refractivity contribution in [2.45, 2.75) is 0 Å². The molecule has 0 aromatic heterocycles. The number of piperazine rings is 1. The van der Waals surface area contributed by atoms with E-state index in [1.165, 1.54) is 5.69 Å². The zero-order valence-electron chi connectivity index (χ0n) is 16.4. The molecule has 0 bridgehead atoms. The highest BCUT2D eigenvalue weighted by atomic mass is 16.5. The first-order chi connectivity index (χ1) is 13.7. The lowest BCUT2D eigenvalue weighted by Crippen LogP contribution is -2.47. The Morgan fingerprint density at radius 2 is 1.68 bits per heavy atom. The third-order valence-electron chi connectivity index (χ3n) is 4.79. The van der Waals surface area contributed by atoms with Crippen LogP contribution in [0.4, 0.5) is 16.2 Å². The van der Waals surface area contributed by atoms with Crippen molar-refractivity contribution in [1.29, 1.82) is 0 Å². The van der Waals surface area contributed by atoms with E-state index in [1.807, 2.05) is 24.3 Å². The van der Waals surface area contributed by atoms with Crippen molar-refractivity contribution < 1.29 is 19.0 Å². The lowest BCUT2D eigenvalue weighted by molar-refractivity contribution is 0.137. The molecule has 7 heteroatoms. The monoisotopic (exact) mass is 385 g/mol. The fraction of sp³-hybridized carbons (Fsp3) is 0.381. The summed E-state index contributed by atoms with van der Waals surface area (Å²) in [7, 11) is 3.24. The number of hydrogen-bond donors (Lipinski definition) is 1. The number of benzene rings is 2. The number of methoxy groups -OCH3 is 2. The van der Waals surface area contributed by atoms with Gasteiger partial charge in [-0.25, -0.2) is 4.79 Å². The van der Waals surface area contributed by atoms with E-state index in [2.05, 4.69) is 27.2 Å². The number of hydrogen-bond acceptors (Lipinski definition) is 6. The maximum Gasteiger partial charge on any atom is 0.411 e. The molecule has 0 saturated carbocycles. The number of carbonyl (C=O) groups is 1. The minimum absolute atomic E-state index is 0.351. The molecule has 2 aromatic rings. The van der Waals surface area contributed by atoms with Gasteiger partial charge >= 0.3 is 6.09 Å². The van der Waals surface area contributed by atoms with Crippen molar-refractivity contribution in [2.24, 2.45) is 0 Å². The standard InChI is InChI=1S/C21H27N3O4/c1-26-18-9-7-17(8-10-18)24-13-11-23(12-14-24)15-16-28-21(25)22-19-5-3-4-6-20(19)27-2/h3-10H,11-16H2,1-2H3,(H,22,25). The minimum Gasteiger partial charge on any atom is -0.497 e. The van der Waals surface area contributed by atoms with Crippen molar-refractivity contribution in [3.05, 3.63) is 48.5 Å². The molecular weight excluding hydrogens is 358 g/mol. The molecule has 28 heavy (non-hydrogen) atoms. The predicted octanol–water partition coefficient (Wildman–Crippen LogP) is 3.07. The number of para-hydroxylation sites is 2. The fourth-order valence-electron chi connectivity index (χ4n) is 3.18. The van der Waals surface area contributed by atoms with Crippen LogP contribution in [-0.4, -0.2) is 64.5 Å². The van der Waals surface area contributed by atoms with Gasteiger partial charge in [0, 0.05) is 38.4 Å². The Balaban J connectivity index is 1.37. The van der Waals surface area contributed by atoms with E-state index in [-0.39, 0.29) is 0 Å². The Hall–Kier alpha value is -2.93. The highest BCUT2D eigenvalue weighted by Crippen LogP contribution is 2.23. The molecule has 0 atom stereocenters. The van der Waals surface area contributed by atoms with Gasteiger partial charge in [0.15, 0.2) is 0 Å². The van der Waals surface area contributed by atoms with Gasteiger partial charge < -0.3 is 19.1 Å². The average Bonchev–Trinajstić information content (AvgIpc) is 2.75. The molecule has 0 radical (unpaired) electrons. The van der Waals surface area contributed by atoms with Crippen LogP contribution in [0.2, 0.25) is 0 Å². The van der Waals surface area contributed by atoms with E-state index in [1.54, 1.807) is 26.4 Å². The number of amides is 1. The van der Waals surface area contributed by atoms with Gasteiger partial charge in [0.25, 0.3) is 0 Å². The van der Waals surface area contributed by atoms with Gasteiger partial charge in [-0.05, 0) is 36.4 Å². The molecule has 1 heterocycles. The topological polar surface area (TPSA) is 63.3 Å². The van der Waals surface area contributed by atoms with E-state index in [4.69, 9.17) is 14.2 Å². The average molecular weight is 385 g/mol. The molecule has 1 aliphatic rings. The van der Waals surface area contributed by atoms with E-state index in [0.717, 1.165) is 38.5 Å². The summed E-state index contributed by atoms with van der Waals surface area (Å²) in [6, 6.07) is 15.4. The zero-order valence-corrected chi connectivity index (χ0v) is 16.4. The van der Waals surface area contributed by atoms with Gasteiger partial charge in [-0.2, -0.15) is 0 Å². The van der Waals surface area contributed by atoms with Crippen LogP contribution in [0.1, 0.15) is 0 Å². The molecule has 0 aliphatic carbocycles. The highest BCUT2D eigenvalue weighted by molar-refractivity contribution is 5.86. The number of nitrogens with zero attached hydrogens (tertiary/aromatic N) is 2. The number of anilines is 2. The van der Waals surface area contributed by atoms with E-state index in [0.29, 0.717) is 18.0 Å². The lowest BCUT2D eigenvalue weighted by Gasteiger charge is -2.36. The minimum atomic E-state index is -0.471. The van der Waals surface area contributed by atoms with Gasteiger partial charge in [-0.3, -0.25) is 10.2 Å². The van der Waals surface area contributed by atoms with Crippen LogP contribution < -0.4 is 19.7 Å². The Labute approximate surface area is 165 Å². The molecule has 0 spiro atoms. The lowest BCUT2D eigenvalue weighted by atomic mass is 10.2. The van der Waals surface area contributed by atoms with Crippen LogP contribution in [0.15, 0.2) is 48.5 Å². The second-order valence-corrected chi connectivity index (χ2v) is 6.49. The van der Waals surface area contributed by atoms with Crippen molar-refractivity contribution in [2.75, 3.05) is 63.8 Å². The van der Waals surface area contributed by atoms with Gasteiger partial charge in [0.1, 0.15) is 18.1 Å². The summed E-state index contributed by atoms with van der Waals surface area (Å²) in [6.45, 7) is 4.83. The van der Waals surface area contributed by atoms with Gasteiger partial charge in [0.05, 0.1) is 19.9 Å². The molecule has 150 valence electrons. The van der Waals surface area contributed by atoms with Crippen molar-refractivity contribution >= 4 is 17.5 Å². The quantitative estimate of drug-likeness (QED) is 0.790. The Bertz CT molecular complexity index is 759. The first-order valence-electron chi connectivity index (χ1n) is 9.38. The van der Waals surface area contributed by atoms with Crippen molar-refractivity contribution in [3.63, 3.8) is 0 Å². The molecule has 3 rings (SSSR count). The number of ether oxygens (including phenoxy) is 3. The zero-order chi connectivity index (χ0) is 19.8. The summed E-state index contributed by atoms with van der Waals surface area (Å²) >= 11 is 0. The predicted molar refractivity (Wildman–Crippen MR) is 110 cm³/mol. The van der Waals surface area contributed by atoms with Gasteiger partial charge in [-0.1, -0.05) is 12.1 Å². The second kappa shape index (κ2) is 9.85. The molecule has 2 aromatic carbocycles. The highest BCUT2D eigenvalue weighted by Gasteiger charge is 2.17. The smallest absolute Gasteiger partial charge is 0.411 e. The number of rotatable bonds is 7. The molecule has 1 fully saturated rings. The molecular formula is C21H27N3O4. The van der Waals surface area contributed by atoms with Crippen LogP contribution in [0.5, 0.6) is 11.5 Å². The molecule has 1 saturated heterocycles. The van der Waals surface area contributed by atoms with E-state index in [9.17, 15) is 4.79 Å². The van der Waals surface area contributed by atoms with E-state index >= 15 is 0 Å². The number of carbonyl (C=O) groups excluding carboxylic acids is 1. The summed E-state index contributed by atoms with van der Waals surface area (Å²) in [6.07, 6.45) is -0.471. The Morgan fingerprint density at radius 1 is 0.964 bits per heavy atom. The van der Waals surface area contributed by atoms with Crippen LogP contribution in [0.3, 0.4) is 0 Å². The van der Waals surface area contributed by atoms with Crippen LogP contribution in [-0.2, 0) is 4.74 Å². The molecule has 0 unspecified atom stereocenters. The largest absolute Gasteiger partial charge is 0.497 e. The summed E-state index contributed by atoms with van der Waals surface area (Å²) in [5.74, 6) is 1.47. The molecule has 1 N–H and O–H groups in total. The maximum absolute atomic E-state index is 12.0. The SMILES string of the molecule is COc1ccc(N2CCN(CCOC(=O)Nc3ccccc3OC)CC2)cc1.